The molecule has 0 saturated heterocycles. The van der Waals surface area contributed by atoms with Gasteiger partial charge >= 0.3 is 0 Å². The Morgan fingerprint density at radius 1 is 1.23 bits per heavy atom. The second kappa shape index (κ2) is 12.7. The zero-order chi connectivity index (χ0) is 22.0. The van der Waals surface area contributed by atoms with Crippen molar-refractivity contribution in [1.29, 1.82) is 0 Å². The predicted octanol–water partition coefficient (Wildman–Crippen LogP) is 5.29. The molecule has 2 aliphatic carbocycles. The van der Waals surface area contributed by atoms with E-state index in [-0.39, 0.29) is 17.9 Å². The smallest absolute Gasteiger partial charge is 0.219 e. The molecule has 0 aliphatic heterocycles. The van der Waals surface area contributed by atoms with Crippen molar-refractivity contribution in [2.45, 2.75) is 110 Å². The summed E-state index contributed by atoms with van der Waals surface area (Å²) in [5.74, 6) is 1.38. The van der Waals surface area contributed by atoms with Crippen molar-refractivity contribution in [1.82, 2.24) is 5.32 Å². The molecule has 30 heavy (non-hydrogen) atoms. The van der Waals surface area contributed by atoms with Gasteiger partial charge in [0.05, 0.1) is 11.7 Å². The molecule has 0 spiro atoms. The van der Waals surface area contributed by atoms with Crippen LogP contribution in [-0.2, 0) is 4.79 Å². The van der Waals surface area contributed by atoms with Gasteiger partial charge in [0.15, 0.2) is 0 Å². The van der Waals surface area contributed by atoms with Crippen LogP contribution < -0.4 is 5.32 Å². The van der Waals surface area contributed by atoms with E-state index in [0.29, 0.717) is 24.7 Å². The third-order valence-electron chi connectivity index (χ3n) is 6.94. The van der Waals surface area contributed by atoms with E-state index in [1.54, 1.807) is 0 Å². The average Bonchev–Trinajstić information content (AvgIpc) is 3.21. The molecule has 0 aromatic carbocycles. The summed E-state index contributed by atoms with van der Waals surface area (Å²) in [6, 6.07) is 0. The van der Waals surface area contributed by atoms with Gasteiger partial charge in [-0.3, -0.25) is 4.79 Å². The van der Waals surface area contributed by atoms with Gasteiger partial charge in [-0.2, -0.15) is 0 Å². The monoisotopic (exact) mass is 419 g/mol. The summed E-state index contributed by atoms with van der Waals surface area (Å²) >= 11 is 0. The van der Waals surface area contributed by atoms with E-state index in [1.165, 1.54) is 5.57 Å². The summed E-state index contributed by atoms with van der Waals surface area (Å²) in [4.78, 5) is 11.8. The number of carbonyl (C=O) groups excluding carboxylic acids is 1. The van der Waals surface area contributed by atoms with E-state index in [9.17, 15) is 15.0 Å². The highest BCUT2D eigenvalue weighted by Gasteiger charge is 2.43. The SMILES string of the molecule is CCCCNC(=O)CCCCC1=C[C@H]2C[C@@H](O)[C@H](C=CC[C@@](C)(O)CCCC)[C@H]2C1. The molecule has 2 rings (SSSR count). The second-order valence-electron chi connectivity index (χ2n) is 9.88. The highest BCUT2D eigenvalue weighted by Crippen LogP contribution is 2.48. The molecular weight excluding hydrogens is 374 g/mol. The lowest BCUT2D eigenvalue weighted by Crippen LogP contribution is -2.23. The van der Waals surface area contributed by atoms with Crippen LogP contribution in [-0.4, -0.2) is 34.4 Å². The summed E-state index contributed by atoms with van der Waals surface area (Å²) in [6.45, 7) is 7.00. The number of amides is 1. The van der Waals surface area contributed by atoms with Gasteiger partial charge in [0.1, 0.15) is 0 Å². The highest BCUT2D eigenvalue weighted by atomic mass is 16.3. The maximum Gasteiger partial charge on any atom is 0.219 e. The Kier molecular flexibility index (Phi) is 10.6. The van der Waals surface area contributed by atoms with Crippen LogP contribution in [0, 0.1) is 17.8 Å². The van der Waals surface area contributed by atoms with Crippen molar-refractivity contribution in [2.75, 3.05) is 6.54 Å². The molecule has 5 atom stereocenters. The Morgan fingerprint density at radius 3 is 2.73 bits per heavy atom. The predicted molar refractivity (Wildman–Crippen MR) is 124 cm³/mol. The molecule has 172 valence electrons. The first kappa shape index (κ1) is 25.1. The minimum Gasteiger partial charge on any atom is -0.392 e. The standard InChI is InChI=1S/C26H45NO3/c1-4-6-14-26(3,30)15-10-12-22-23-18-20(17-21(23)19-24(22)28)11-8-9-13-25(29)27-16-7-5-2/h10,12,17,21-24,28,30H,4-9,11,13-16,18-19H2,1-3H3,(H,27,29)/t21-,22+,23-,24+,26-/m0/s1. The van der Waals surface area contributed by atoms with Gasteiger partial charge in [-0.05, 0) is 70.1 Å². The van der Waals surface area contributed by atoms with Crippen LogP contribution >= 0.6 is 0 Å². The Labute approximate surface area is 184 Å². The Bertz CT molecular complexity index is 581. The first-order valence-corrected chi connectivity index (χ1v) is 12.4. The van der Waals surface area contributed by atoms with E-state index in [2.05, 4.69) is 37.4 Å². The van der Waals surface area contributed by atoms with Gasteiger partial charge in [0.25, 0.3) is 0 Å². The molecule has 0 radical (unpaired) electrons. The maximum absolute atomic E-state index is 11.8. The number of allylic oxidation sites excluding steroid dienone is 2. The van der Waals surface area contributed by atoms with Crippen LogP contribution in [0.2, 0.25) is 0 Å². The van der Waals surface area contributed by atoms with Gasteiger partial charge in [-0.1, -0.05) is 56.9 Å². The average molecular weight is 420 g/mol. The van der Waals surface area contributed by atoms with E-state index < -0.39 is 5.60 Å². The number of fused-ring (bicyclic) bond motifs is 1. The van der Waals surface area contributed by atoms with Crippen molar-refractivity contribution >= 4 is 5.91 Å². The number of unbranched alkanes of at least 4 members (excludes halogenated alkanes) is 3. The van der Waals surface area contributed by atoms with Crippen molar-refractivity contribution in [3.63, 3.8) is 0 Å². The lowest BCUT2D eigenvalue weighted by atomic mass is 9.87. The van der Waals surface area contributed by atoms with Crippen molar-refractivity contribution in [3.8, 4) is 0 Å². The second-order valence-corrected chi connectivity index (χ2v) is 9.88. The van der Waals surface area contributed by atoms with Crippen LogP contribution in [0.15, 0.2) is 23.8 Å². The quantitative estimate of drug-likeness (QED) is 0.264. The Hall–Kier alpha value is -1.13. The minimum atomic E-state index is -0.641. The summed E-state index contributed by atoms with van der Waals surface area (Å²) in [5, 5.41) is 24.0. The van der Waals surface area contributed by atoms with E-state index in [0.717, 1.165) is 70.8 Å². The lowest BCUT2D eigenvalue weighted by molar-refractivity contribution is -0.121. The number of aliphatic hydroxyl groups excluding tert-OH is 1. The topological polar surface area (TPSA) is 69.6 Å². The molecule has 2 aliphatic rings. The van der Waals surface area contributed by atoms with Crippen LogP contribution in [0.4, 0.5) is 0 Å². The number of nitrogens with one attached hydrogen (secondary N) is 1. The summed E-state index contributed by atoms with van der Waals surface area (Å²) < 4.78 is 0. The number of aliphatic hydroxyl groups is 2. The fourth-order valence-electron chi connectivity index (χ4n) is 5.06. The molecule has 1 amide bonds. The largest absolute Gasteiger partial charge is 0.392 e. The Morgan fingerprint density at radius 2 is 2.00 bits per heavy atom. The van der Waals surface area contributed by atoms with Crippen molar-refractivity contribution in [2.24, 2.45) is 17.8 Å². The van der Waals surface area contributed by atoms with E-state index in [1.807, 2.05) is 6.92 Å². The van der Waals surface area contributed by atoms with Crippen LogP contribution in [0.25, 0.3) is 0 Å². The molecular formula is C26H45NO3. The molecule has 0 aromatic heterocycles. The van der Waals surface area contributed by atoms with Gasteiger partial charge in [-0.25, -0.2) is 0 Å². The fourth-order valence-corrected chi connectivity index (χ4v) is 5.06. The third-order valence-corrected chi connectivity index (χ3v) is 6.94. The molecule has 0 aromatic rings. The lowest BCUT2D eigenvalue weighted by Gasteiger charge is -2.22. The molecule has 3 N–H and O–H groups in total. The number of rotatable bonds is 14. The van der Waals surface area contributed by atoms with Crippen molar-refractivity contribution < 1.29 is 15.0 Å². The first-order valence-electron chi connectivity index (χ1n) is 12.4. The molecule has 4 heteroatoms. The van der Waals surface area contributed by atoms with E-state index in [4.69, 9.17) is 0 Å². The highest BCUT2D eigenvalue weighted by molar-refractivity contribution is 5.75. The zero-order valence-corrected chi connectivity index (χ0v) is 19.5. The molecule has 4 nitrogen and oxygen atoms in total. The summed E-state index contributed by atoms with van der Waals surface area (Å²) in [6.07, 6.45) is 17.9. The third kappa shape index (κ3) is 8.19. The maximum atomic E-state index is 11.8. The van der Waals surface area contributed by atoms with Crippen LogP contribution in [0.1, 0.15) is 97.8 Å². The van der Waals surface area contributed by atoms with Gasteiger partial charge in [0, 0.05) is 18.9 Å². The molecule has 1 saturated carbocycles. The van der Waals surface area contributed by atoms with Crippen LogP contribution in [0.3, 0.4) is 0 Å². The van der Waals surface area contributed by atoms with Crippen LogP contribution in [0.5, 0.6) is 0 Å². The fraction of sp³-hybridized carbons (Fsp3) is 0.808. The number of hydrogen-bond acceptors (Lipinski definition) is 3. The Balaban J connectivity index is 1.71. The number of carbonyl (C=O) groups is 1. The normalized spacial score (nSPS) is 27.8. The molecule has 0 bridgehead atoms. The van der Waals surface area contributed by atoms with Crippen molar-refractivity contribution in [3.05, 3.63) is 23.8 Å². The van der Waals surface area contributed by atoms with Gasteiger partial charge in [0.2, 0.25) is 5.91 Å². The number of hydrogen-bond donors (Lipinski definition) is 3. The zero-order valence-electron chi connectivity index (χ0n) is 19.5. The minimum absolute atomic E-state index is 0.184. The molecule has 0 heterocycles. The molecule has 0 unspecified atom stereocenters. The van der Waals surface area contributed by atoms with Gasteiger partial charge < -0.3 is 15.5 Å². The summed E-state index contributed by atoms with van der Waals surface area (Å²) in [7, 11) is 0. The summed E-state index contributed by atoms with van der Waals surface area (Å²) in [5.41, 5.74) is 0.869. The van der Waals surface area contributed by atoms with Gasteiger partial charge in [-0.15, -0.1) is 0 Å². The van der Waals surface area contributed by atoms with E-state index >= 15 is 0 Å². The first-order chi connectivity index (χ1) is 14.4. The molecule has 1 fully saturated rings.